The van der Waals surface area contributed by atoms with E-state index >= 15 is 0 Å². The van der Waals surface area contributed by atoms with E-state index in [1.807, 2.05) is 0 Å². The van der Waals surface area contributed by atoms with Crippen LogP contribution in [-0.2, 0) is 27.3 Å². The van der Waals surface area contributed by atoms with Gasteiger partial charge in [0.1, 0.15) is 11.9 Å². The van der Waals surface area contributed by atoms with Crippen molar-refractivity contribution in [3.8, 4) is 5.75 Å². The fraction of sp³-hybridized carbons (Fsp3) is 0.767. The molecule has 3 saturated carbocycles. The van der Waals surface area contributed by atoms with Gasteiger partial charge in [0.25, 0.3) is 0 Å². The average Bonchev–Trinajstić information content (AvgIpc) is 3.48. The summed E-state index contributed by atoms with van der Waals surface area (Å²) in [6.45, 7) is 11.1. The molecule has 5 N–H and O–H groups in total. The number of hydrogen-bond donors (Lipinski definition) is 4. The summed E-state index contributed by atoms with van der Waals surface area (Å²) >= 11 is 0. The second-order valence-electron chi connectivity index (χ2n) is 13.4. The molecule has 0 spiro atoms. The minimum atomic E-state index is -1.04. The molecule has 1 aromatic carbocycles. The van der Waals surface area contributed by atoms with Crippen LogP contribution >= 0.6 is 0 Å². The molecule has 8 nitrogen and oxygen atoms in total. The monoisotopic (exact) mass is 543 g/mol. The number of rotatable bonds is 6. The van der Waals surface area contributed by atoms with Crippen molar-refractivity contribution in [3.05, 3.63) is 23.3 Å². The number of nitrogens with two attached hydrogens (primary N) is 1. The van der Waals surface area contributed by atoms with E-state index in [9.17, 15) is 20.0 Å². The van der Waals surface area contributed by atoms with Gasteiger partial charge in [0.05, 0.1) is 18.8 Å². The lowest BCUT2D eigenvalue weighted by molar-refractivity contribution is -0.225. The highest BCUT2D eigenvalue weighted by Crippen LogP contribution is 2.69. The quantitative estimate of drug-likeness (QED) is 0.318. The van der Waals surface area contributed by atoms with Crippen molar-refractivity contribution in [2.24, 2.45) is 39.7 Å². The van der Waals surface area contributed by atoms with Gasteiger partial charge in [-0.25, -0.2) is 4.79 Å². The van der Waals surface area contributed by atoms with Crippen LogP contribution in [0.1, 0.15) is 84.3 Å². The Labute approximate surface area is 232 Å². The summed E-state index contributed by atoms with van der Waals surface area (Å²) in [6.07, 6.45) is 3.34. The zero-order chi connectivity index (χ0) is 28.3. The lowest BCUT2D eigenvalue weighted by atomic mass is 9.43. The summed E-state index contributed by atoms with van der Waals surface area (Å²) in [6, 6.07) is 3.47. The molecule has 9 heteroatoms. The van der Waals surface area contributed by atoms with Gasteiger partial charge < -0.3 is 35.1 Å². The molecule has 1 unspecified atom stereocenters. The lowest BCUT2D eigenvalue weighted by Crippen LogP contribution is -2.63. The van der Waals surface area contributed by atoms with Gasteiger partial charge in [0.15, 0.2) is 6.61 Å². The van der Waals surface area contributed by atoms with Crippen LogP contribution in [0, 0.1) is 34.0 Å². The number of carbonyl (C=O) groups is 1. The van der Waals surface area contributed by atoms with Crippen LogP contribution in [0.5, 0.6) is 5.75 Å². The van der Waals surface area contributed by atoms with Crippen molar-refractivity contribution in [1.82, 2.24) is 0 Å². The third kappa shape index (κ3) is 4.44. The van der Waals surface area contributed by atoms with Crippen LogP contribution in [-0.4, -0.2) is 53.2 Å². The van der Waals surface area contributed by atoms with Gasteiger partial charge in [0.2, 0.25) is 0 Å². The zero-order valence-corrected chi connectivity index (χ0v) is 24.1. The second kappa shape index (κ2) is 10.3. The van der Waals surface area contributed by atoms with E-state index in [1.54, 1.807) is 12.1 Å². The Kier molecular flexibility index (Phi) is 7.64. The van der Waals surface area contributed by atoms with Crippen molar-refractivity contribution < 1.29 is 34.2 Å². The zero-order valence-electron chi connectivity index (χ0n) is 24.1. The van der Waals surface area contributed by atoms with E-state index in [4.69, 9.17) is 19.9 Å². The lowest BCUT2D eigenvalue weighted by Gasteiger charge is -2.63. The molecular weight excluding hydrogens is 497 g/mol. The van der Waals surface area contributed by atoms with Crippen molar-refractivity contribution in [3.63, 3.8) is 0 Å². The number of fused-ring (bicyclic) bond motifs is 1. The number of aliphatic hydroxyl groups excluding tert-OH is 2. The standard InChI is InChI=1S/C30H46BNO7/c1-6-28(4)13-24(29(5)17(2)7-9-30(18(3)27(28)35)10-8-23(33)26(29)30)39-25(34)16-37-20-11-19(14-32)21-15-38-31(36)22(21)12-20/h11-12,17-18,23-24,26-27,33,35-36H,6-10,13-16,32H2,1-5H3/t17-,18+,23?,24-,26+,27+,28-,29+,30+/m1/s1. The predicted molar refractivity (Wildman–Crippen MR) is 148 cm³/mol. The van der Waals surface area contributed by atoms with Crippen LogP contribution in [0.15, 0.2) is 12.1 Å². The normalized spacial score (nSPS) is 41.4. The molecular formula is C30H46BNO7. The Hall–Kier alpha value is -1.65. The average molecular weight is 544 g/mol. The van der Waals surface area contributed by atoms with Gasteiger partial charge in [-0.15, -0.1) is 0 Å². The predicted octanol–water partition coefficient (Wildman–Crippen LogP) is 2.66. The molecule has 5 rings (SSSR count). The van der Waals surface area contributed by atoms with E-state index in [0.29, 0.717) is 30.7 Å². The first-order valence-corrected chi connectivity index (χ1v) is 14.7. The van der Waals surface area contributed by atoms with E-state index in [1.165, 1.54) is 0 Å². The van der Waals surface area contributed by atoms with E-state index in [0.717, 1.165) is 36.8 Å². The maximum absolute atomic E-state index is 13.4. The first-order valence-electron chi connectivity index (χ1n) is 14.7. The molecule has 0 saturated heterocycles. The van der Waals surface area contributed by atoms with Crippen LogP contribution in [0.3, 0.4) is 0 Å². The molecule has 1 aliphatic heterocycles. The van der Waals surface area contributed by atoms with E-state index in [2.05, 4.69) is 34.6 Å². The van der Waals surface area contributed by atoms with Crippen LogP contribution < -0.4 is 15.9 Å². The number of ether oxygens (including phenoxy) is 2. The minimum Gasteiger partial charge on any atom is -0.482 e. The summed E-state index contributed by atoms with van der Waals surface area (Å²) in [4.78, 5) is 13.4. The SMILES string of the molecule is CC[C@]1(C)C[C@@H](OC(=O)COc2cc(CN)c3c(c2)B(O)OC3)[C@]2(C)[C@H](C)CC[C@]3(CCC(O)[C@H]32)[C@@H](C)[C@@H]1O. The highest BCUT2D eigenvalue weighted by Gasteiger charge is 2.68. The van der Waals surface area contributed by atoms with Crippen molar-refractivity contribution in [1.29, 1.82) is 0 Å². The van der Waals surface area contributed by atoms with E-state index < -0.39 is 42.2 Å². The Morgan fingerprint density at radius 3 is 2.62 bits per heavy atom. The number of esters is 1. The highest BCUT2D eigenvalue weighted by atomic mass is 16.6. The van der Waals surface area contributed by atoms with Gasteiger partial charge in [-0.3, -0.25) is 0 Å². The maximum Gasteiger partial charge on any atom is 0.491 e. The molecule has 1 heterocycles. The molecule has 0 amide bonds. The smallest absolute Gasteiger partial charge is 0.482 e. The third-order valence-corrected chi connectivity index (χ3v) is 11.8. The summed E-state index contributed by atoms with van der Waals surface area (Å²) < 4.78 is 17.5. The summed E-state index contributed by atoms with van der Waals surface area (Å²) in [7, 11) is -1.04. The molecule has 9 atom stereocenters. The number of hydrogen-bond acceptors (Lipinski definition) is 8. The summed E-state index contributed by atoms with van der Waals surface area (Å²) in [5, 5.41) is 33.3. The first kappa shape index (κ1) is 28.9. The molecule has 2 bridgehead atoms. The Bertz CT molecular complexity index is 1100. The first-order chi connectivity index (χ1) is 18.4. The van der Waals surface area contributed by atoms with Gasteiger partial charge in [0, 0.05) is 12.0 Å². The van der Waals surface area contributed by atoms with Crippen LogP contribution in [0.25, 0.3) is 0 Å². The van der Waals surface area contributed by atoms with Gasteiger partial charge in [-0.05, 0) is 95.8 Å². The Morgan fingerprint density at radius 1 is 1.21 bits per heavy atom. The van der Waals surface area contributed by atoms with Crippen molar-refractivity contribution >= 4 is 18.6 Å². The number of benzene rings is 1. The molecule has 0 radical (unpaired) electrons. The summed E-state index contributed by atoms with van der Waals surface area (Å²) in [5.74, 6) is 0.191. The van der Waals surface area contributed by atoms with Crippen molar-refractivity contribution in [2.45, 2.75) is 105 Å². The third-order valence-electron chi connectivity index (χ3n) is 11.8. The van der Waals surface area contributed by atoms with Gasteiger partial charge in [-0.1, -0.05) is 34.6 Å². The topological polar surface area (TPSA) is 131 Å². The Morgan fingerprint density at radius 2 is 1.92 bits per heavy atom. The molecule has 39 heavy (non-hydrogen) atoms. The molecule has 216 valence electrons. The Balaban J connectivity index is 1.43. The summed E-state index contributed by atoms with van der Waals surface area (Å²) in [5.41, 5.74) is 7.15. The minimum absolute atomic E-state index is 0.0484. The number of carbonyl (C=O) groups excluding carboxylic acids is 1. The van der Waals surface area contributed by atoms with E-state index in [-0.39, 0.29) is 36.3 Å². The fourth-order valence-corrected chi connectivity index (χ4v) is 8.97. The fourth-order valence-electron chi connectivity index (χ4n) is 8.97. The van der Waals surface area contributed by atoms with Crippen LogP contribution in [0.2, 0.25) is 0 Å². The molecule has 3 aliphatic carbocycles. The van der Waals surface area contributed by atoms with Crippen LogP contribution in [0.4, 0.5) is 0 Å². The molecule has 1 aromatic rings. The largest absolute Gasteiger partial charge is 0.491 e. The van der Waals surface area contributed by atoms with Gasteiger partial charge in [-0.2, -0.15) is 0 Å². The molecule has 0 aromatic heterocycles. The van der Waals surface area contributed by atoms with Gasteiger partial charge >= 0.3 is 13.1 Å². The maximum atomic E-state index is 13.4. The highest BCUT2D eigenvalue weighted by molar-refractivity contribution is 6.61. The van der Waals surface area contributed by atoms with Crippen molar-refractivity contribution in [2.75, 3.05) is 6.61 Å². The molecule has 4 aliphatic rings. The molecule has 3 fully saturated rings. The second-order valence-corrected chi connectivity index (χ2v) is 13.4. The number of aliphatic hydroxyl groups is 2.